The number of hydrogen-bond acceptors (Lipinski definition) is 2. The molecule has 0 aliphatic heterocycles. The van der Waals surface area contributed by atoms with Gasteiger partial charge in [0.15, 0.2) is 5.78 Å². The predicted octanol–water partition coefficient (Wildman–Crippen LogP) is 6.56. The van der Waals surface area contributed by atoms with Crippen LogP contribution >= 0.6 is 0 Å². The van der Waals surface area contributed by atoms with Gasteiger partial charge in [-0.2, -0.15) is 0 Å². The summed E-state index contributed by atoms with van der Waals surface area (Å²) >= 11 is 0. The van der Waals surface area contributed by atoms with Crippen molar-refractivity contribution >= 4 is 11.7 Å². The zero-order valence-corrected chi connectivity index (χ0v) is 18.5. The molecule has 29 heavy (non-hydrogen) atoms. The van der Waals surface area contributed by atoms with E-state index < -0.39 is 6.04 Å². The van der Waals surface area contributed by atoms with Crippen LogP contribution in [-0.4, -0.2) is 17.7 Å². The molecule has 0 aliphatic rings. The zero-order chi connectivity index (χ0) is 21.6. The Hall–Kier alpha value is -2.42. The molecule has 0 aromatic heterocycles. The van der Waals surface area contributed by atoms with Crippen LogP contribution in [0.1, 0.15) is 72.1 Å². The molecule has 3 heteroatoms. The Bertz CT molecular complexity index is 606. The largest absolute Gasteiger partial charge is 0.347 e. The third kappa shape index (κ3) is 20.1. The second-order valence-corrected chi connectivity index (χ2v) is 6.85. The summed E-state index contributed by atoms with van der Waals surface area (Å²) < 4.78 is 0. The maximum absolute atomic E-state index is 11.6. The molecule has 0 aliphatic carbocycles. The van der Waals surface area contributed by atoms with Crippen LogP contribution in [-0.2, 0) is 9.59 Å². The fourth-order valence-electron chi connectivity index (χ4n) is 2.27. The number of carbonyl (C=O) groups excluding carboxylic acids is 2. The van der Waals surface area contributed by atoms with Crippen molar-refractivity contribution in [3.63, 3.8) is 0 Å². The summed E-state index contributed by atoms with van der Waals surface area (Å²) in [4.78, 5) is 22.7. The summed E-state index contributed by atoms with van der Waals surface area (Å²) in [5.41, 5.74) is 0. The van der Waals surface area contributed by atoms with Crippen molar-refractivity contribution < 1.29 is 9.59 Å². The van der Waals surface area contributed by atoms with E-state index in [1.807, 2.05) is 6.08 Å². The van der Waals surface area contributed by atoms with Crippen LogP contribution < -0.4 is 5.32 Å². The van der Waals surface area contributed by atoms with Crippen LogP contribution in [0.4, 0.5) is 0 Å². The lowest BCUT2D eigenvalue weighted by molar-refractivity contribution is -0.126. The Kier molecular flexibility index (Phi) is 18.6. The van der Waals surface area contributed by atoms with E-state index in [2.05, 4.69) is 79.1 Å². The number of ketones is 1. The highest BCUT2D eigenvalue weighted by atomic mass is 16.2. The van der Waals surface area contributed by atoms with Crippen molar-refractivity contribution in [3.8, 4) is 0 Å². The summed E-state index contributed by atoms with van der Waals surface area (Å²) in [6, 6.07) is -0.396. The maximum Gasteiger partial charge on any atom is 0.220 e. The highest BCUT2D eigenvalue weighted by Gasteiger charge is 2.09. The molecule has 0 unspecified atom stereocenters. The van der Waals surface area contributed by atoms with Gasteiger partial charge in [0.1, 0.15) is 0 Å². The standard InChI is InChI=1S/C26H39NO2/c1-4-5-6-7-8-9-10-11-12-13-14-15-16-17-18-19-20-21-22-23-26(29)27-24(2)25(3)28/h5-6,8-9,11-12,14-15,17-18,20-21,24H,4,7,10,13,16,19,22-23H2,1-3H3,(H,27,29)/b6-5-,9-8-,12-11-,15-14-,18-17-,21-20-/t24-/m0/s1. The molecule has 0 saturated heterocycles. The van der Waals surface area contributed by atoms with Crippen LogP contribution in [0.2, 0.25) is 0 Å². The van der Waals surface area contributed by atoms with E-state index in [1.54, 1.807) is 6.92 Å². The van der Waals surface area contributed by atoms with Crippen LogP contribution in [0, 0.1) is 0 Å². The summed E-state index contributed by atoms with van der Waals surface area (Å²) in [6.45, 7) is 5.34. The van der Waals surface area contributed by atoms with Gasteiger partial charge in [0.2, 0.25) is 5.91 Å². The number of hydrogen-bond donors (Lipinski definition) is 1. The monoisotopic (exact) mass is 397 g/mol. The Morgan fingerprint density at radius 2 is 1.07 bits per heavy atom. The number of nitrogens with one attached hydrogen (secondary N) is 1. The second-order valence-electron chi connectivity index (χ2n) is 6.85. The Balaban J connectivity index is 3.64. The van der Waals surface area contributed by atoms with Crippen LogP contribution in [0.3, 0.4) is 0 Å². The van der Waals surface area contributed by atoms with Gasteiger partial charge < -0.3 is 5.32 Å². The minimum atomic E-state index is -0.396. The molecule has 0 bridgehead atoms. The van der Waals surface area contributed by atoms with E-state index in [0.717, 1.165) is 38.5 Å². The van der Waals surface area contributed by atoms with Gasteiger partial charge in [-0.3, -0.25) is 9.59 Å². The molecular formula is C26H39NO2. The van der Waals surface area contributed by atoms with Crippen molar-refractivity contribution in [1.29, 1.82) is 0 Å². The molecule has 0 aromatic rings. The number of allylic oxidation sites excluding steroid dienone is 12. The molecule has 0 saturated carbocycles. The van der Waals surface area contributed by atoms with Gasteiger partial charge in [0.05, 0.1) is 6.04 Å². The third-order valence-corrected chi connectivity index (χ3v) is 4.12. The van der Waals surface area contributed by atoms with Crippen molar-refractivity contribution in [1.82, 2.24) is 5.32 Å². The lowest BCUT2D eigenvalue weighted by Crippen LogP contribution is -2.37. The quantitative estimate of drug-likeness (QED) is 0.300. The lowest BCUT2D eigenvalue weighted by Gasteiger charge is -2.09. The van der Waals surface area contributed by atoms with E-state index in [0.29, 0.717) is 12.8 Å². The average molecular weight is 398 g/mol. The van der Waals surface area contributed by atoms with E-state index in [4.69, 9.17) is 0 Å². The molecule has 1 amide bonds. The third-order valence-electron chi connectivity index (χ3n) is 4.12. The minimum Gasteiger partial charge on any atom is -0.347 e. The van der Waals surface area contributed by atoms with Crippen molar-refractivity contribution in [2.45, 2.75) is 78.2 Å². The molecular weight excluding hydrogens is 358 g/mol. The summed E-state index contributed by atoms with van der Waals surface area (Å²) in [5, 5.41) is 2.68. The van der Waals surface area contributed by atoms with Gasteiger partial charge in [0, 0.05) is 6.42 Å². The molecule has 0 aromatic carbocycles. The molecule has 0 rings (SSSR count). The smallest absolute Gasteiger partial charge is 0.220 e. The number of Topliss-reactive ketones (excluding diaryl/α,β-unsaturated/α-hetero) is 1. The first-order valence-electron chi connectivity index (χ1n) is 10.8. The summed E-state index contributed by atoms with van der Waals surface area (Å²) in [7, 11) is 0. The molecule has 1 atom stereocenters. The first-order valence-corrected chi connectivity index (χ1v) is 10.8. The van der Waals surface area contributed by atoms with Gasteiger partial charge in [-0.15, -0.1) is 0 Å². The van der Waals surface area contributed by atoms with Crippen molar-refractivity contribution in [2.24, 2.45) is 0 Å². The number of carbonyl (C=O) groups is 2. The Morgan fingerprint density at radius 3 is 1.45 bits per heavy atom. The van der Waals surface area contributed by atoms with Crippen LogP contribution in [0.15, 0.2) is 72.9 Å². The van der Waals surface area contributed by atoms with E-state index in [9.17, 15) is 9.59 Å². The Labute approximate surface area is 178 Å². The number of rotatable bonds is 16. The summed E-state index contributed by atoms with van der Waals surface area (Å²) in [5.74, 6) is -0.0977. The molecule has 0 spiro atoms. The van der Waals surface area contributed by atoms with Crippen LogP contribution in [0.5, 0.6) is 0 Å². The molecule has 0 heterocycles. The fourth-order valence-corrected chi connectivity index (χ4v) is 2.27. The maximum atomic E-state index is 11.6. The Morgan fingerprint density at radius 1 is 0.690 bits per heavy atom. The normalized spacial score (nSPS) is 13.8. The first kappa shape index (κ1) is 26.6. The highest BCUT2D eigenvalue weighted by Crippen LogP contribution is 1.98. The molecule has 3 nitrogen and oxygen atoms in total. The van der Waals surface area contributed by atoms with Crippen molar-refractivity contribution in [3.05, 3.63) is 72.9 Å². The first-order chi connectivity index (χ1) is 14.1. The second kappa shape index (κ2) is 20.3. The van der Waals surface area contributed by atoms with E-state index in [1.165, 1.54) is 6.92 Å². The topological polar surface area (TPSA) is 46.2 Å². The SMILES string of the molecule is CC/C=C\C/C=C\C/C=C\C/C=C\C/C=C\C/C=C\CCC(=O)N[C@@H](C)C(C)=O. The zero-order valence-electron chi connectivity index (χ0n) is 18.5. The molecule has 0 radical (unpaired) electrons. The fraction of sp³-hybridized carbons (Fsp3) is 0.462. The van der Waals surface area contributed by atoms with Gasteiger partial charge in [-0.25, -0.2) is 0 Å². The van der Waals surface area contributed by atoms with Crippen molar-refractivity contribution in [2.75, 3.05) is 0 Å². The summed E-state index contributed by atoms with van der Waals surface area (Å²) in [6.07, 6.45) is 32.9. The van der Waals surface area contributed by atoms with Crippen LogP contribution in [0.25, 0.3) is 0 Å². The molecule has 1 N–H and O–H groups in total. The molecule has 0 fully saturated rings. The highest BCUT2D eigenvalue weighted by molar-refractivity contribution is 5.87. The lowest BCUT2D eigenvalue weighted by atomic mass is 10.2. The van der Waals surface area contributed by atoms with Gasteiger partial charge >= 0.3 is 0 Å². The predicted molar refractivity (Wildman–Crippen MR) is 126 cm³/mol. The van der Waals surface area contributed by atoms with Gasteiger partial charge in [0.25, 0.3) is 0 Å². The van der Waals surface area contributed by atoms with E-state index in [-0.39, 0.29) is 11.7 Å². The van der Waals surface area contributed by atoms with Gasteiger partial charge in [-0.05, 0) is 58.8 Å². The minimum absolute atomic E-state index is 0.0210. The van der Waals surface area contributed by atoms with Gasteiger partial charge in [-0.1, -0.05) is 79.8 Å². The number of amides is 1. The average Bonchev–Trinajstić information content (AvgIpc) is 2.69. The van der Waals surface area contributed by atoms with E-state index >= 15 is 0 Å². The molecule has 160 valence electrons.